The first kappa shape index (κ1) is 13.7. The molecule has 0 fully saturated rings. The number of hydrogen-bond acceptors (Lipinski definition) is 3. The van der Waals surface area contributed by atoms with Gasteiger partial charge in [0.05, 0.1) is 11.1 Å². The molecule has 2 rings (SSSR count). The molecule has 0 aromatic heterocycles. The fraction of sp³-hybridized carbons (Fsp3) is 0.467. The zero-order valence-electron chi connectivity index (χ0n) is 11.8. The molecule has 1 aromatic rings. The van der Waals surface area contributed by atoms with Crippen LogP contribution in [0, 0.1) is 19.3 Å². The number of imide groups is 1. The second-order valence-corrected chi connectivity index (χ2v) is 5.97. The van der Waals surface area contributed by atoms with E-state index < -0.39 is 5.41 Å². The number of benzene rings is 1. The largest absolute Gasteiger partial charge is 0.396 e. The molecule has 1 heterocycles. The van der Waals surface area contributed by atoms with Crippen molar-refractivity contribution in [1.29, 1.82) is 0 Å². The molecule has 1 aromatic carbocycles. The monoisotopic (exact) mass is 261 g/mol. The van der Waals surface area contributed by atoms with Crippen LogP contribution in [-0.2, 0) is 0 Å². The van der Waals surface area contributed by atoms with Crippen molar-refractivity contribution in [2.75, 3.05) is 13.2 Å². The third kappa shape index (κ3) is 2.16. The quantitative estimate of drug-likeness (QED) is 0.846. The van der Waals surface area contributed by atoms with E-state index in [-0.39, 0.29) is 25.0 Å². The Bertz CT molecular complexity index is 520. The SMILES string of the molecule is Cc1ccc(C)c2c1C(=O)N(CC(C)(C)CO)C2=O. The van der Waals surface area contributed by atoms with Gasteiger partial charge in [-0.2, -0.15) is 0 Å². The second kappa shape index (κ2) is 4.46. The summed E-state index contributed by atoms with van der Waals surface area (Å²) >= 11 is 0. The lowest BCUT2D eigenvalue weighted by atomic mass is 9.94. The minimum atomic E-state index is -0.491. The van der Waals surface area contributed by atoms with Gasteiger partial charge in [-0.05, 0) is 25.0 Å². The molecule has 0 saturated carbocycles. The van der Waals surface area contributed by atoms with Crippen molar-refractivity contribution in [3.8, 4) is 0 Å². The molecule has 4 heteroatoms. The molecule has 0 atom stereocenters. The van der Waals surface area contributed by atoms with Gasteiger partial charge in [0.25, 0.3) is 11.8 Å². The molecule has 0 saturated heterocycles. The molecule has 0 bridgehead atoms. The van der Waals surface area contributed by atoms with Crippen LogP contribution in [-0.4, -0.2) is 35.0 Å². The van der Waals surface area contributed by atoms with Crippen LogP contribution >= 0.6 is 0 Å². The second-order valence-electron chi connectivity index (χ2n) is 5.97. The summed E-state index contributed by atoms with van der Waals surface area (Å²) in [6.07, 6.45) is 0. The summed E-state index contributed by atoms with van der Waals surface area (Å²) in [6.45, 7) is 7.49. The predicted molar refractivity (Wildman–Crippen MR) is 72.1 cm³/mol. The average molecular weight is 261 g/mol. The van der Waals surface area contributed by atoms with E-state index >= 15 is 0 Å². The van der Waals surface area contributed by atoms with Crippen molar-refractivity contribution >= 4 is 11.8 Å². The number of nitrogens with zero attached hydrogens (tertiary/aromatic N) is 1. The fourth-order valence-electron chi connectivity index (χ4n) is 2.35. The van der Waals surface area contributed by atoms with Crippen LogP contribution < -0.4 is 0 Å². The Morgan fingerprint density at radius 1 is 1.05 bits per heavy atom. The van der Waals surface area contributed by atoms with E-state index in [2.05, 4.69) is 0 Å². The summed E-state index contributed by atoms with van der Waals surface area (Å²) in [7, 11) is 0. The van der Waals surface area contributed by atoms with Gasteiger partial charge in [-0.3, -0.25) is 14.5 Å². The number of aliphatic hydroxyl groups is 1. The molecule has 0 aliphatic carbocycles. The summed E-state index contributed by atoms with van der Waals surface area (Å²) in [4.78, 5) is 26.0. The van der Waals surface area contributed by atoms with Gasteiger partial charge in [-0.1, -0.05) is 26.0 Å². The third-order valence-electron chi connectivity index (χ3n) is 3.55. The van der Waals surface area contributed by atoms with Gasteiger partial charge in [-0.15, -0.1) is 0 Å². The number of aliphatic hydroxyl groups excluding tert-OH is 1. The molecule has 102 valence electrons. The van der Waals surface area contributed by atoms with Gasteiger partial charge < -0.3 is 5.11 Å². The van der Waals surface area contributed by atoms with Crippen LogP contribution in [0.5, 0.6) is 0 Å². The van der Waals surface area contributed by atoms with Crippen molar-refractivity contribution in [3.05, 3.63) is 34.4 Å². The number of amides is 2. The standard InChI is InChI=1S/C15H19NO3/c1-9-5-6-10(2)12-11(9)13(18)16(14(12)19)7-15(3,4)8-17/h5-6,17H,7-8H2,1-4H3. The highest BCUT2D eigenvalue weighted by Crippen LogP contribution is 2.30. The van der Waals surface area contributed by atoms with Gasteiger partial charge in [0.15, 0.2) is 0 Å². The zero-order valence-corrected chi connectivity index (χ0v) is 11.8. The molecular weight excluding hydrogens is 242 g/mol. The molecule has 0 unspecified atom stereocenters. The molecule has 4 nitrogen and oxygen atoms in total. The van der Waals surface area contributed by atoms with Crippen LogP contribution in [0.3, 0.4) is 0 Å². The van der Waals surface area contributed by atoms with Crippen LogP contribution in [0.25, 0.3) is 0 Å². The summed E-state index contributed by atoms with van der Waals surface area (Å²) in [5.41, 5.74) is 2.18. The molecule has 0 radical (unpaired) electrons. The van der Waals surface area contributed by atoms with Gasteiger partial charge >= 0.3 is 0 Å². The molecule has 1 aliphatic heterocycles. The summed E-state index contributed by atoms with van der Waals surface area (Å²) in [6, 6.07) is 3.72. The minimum Gasteiger partial charge on any atom is -0.396 e. The molecular formula is C15H19NO3. The van der Waals surface area contributed by atoms with Crippen molar-refractivity contribution in [2.45, 2.75) is 27.7 Å². The maximum absolute atomic E-state index is 12.4. The van der Waals surface area contributed by atoms with Gasteiger partial charge in [0.1, 0.15) is 0 Å². The third-order valence-corrected chi connectivity index (χ3v) is 3.55. The first-order valence-corrected chi connectivity index (χ1v) is 6.36. The number of aryl methyl sites for hydroxylation is 2. The van der Waals surface area contributed by atoms with Gasteiger partial charge in [-0.25, -0.2) is 0 Å². The van der Waals surface area contributed by atoms with Crippen LogP contribution in [0.15, 0.2) is 12.1 Å². The van der Waals surface area contributed by atoms with Crippen LogP contribution in [0.4, 0.5) is 0 Å². The Morgan fingerprint density at radius 3 is 1.84 bits per heavy atom. The lowest BCUT2D eigenvalue weighted by Crippen LogP contribution is -2.40. The van der Waals surface area contributed by atoms with Crippen LogP contribution in [0.1, 0.15) is 45.7 Å². The lowest BCUT2D eigenvalue weighted by molar-refractivity contribution is 0.0529. The number of fused-ring (bicyclic) bond motifs is 1. The molecule has 19 heavy (non-hydrogen) atoms. The van der Waals surface area contributed by atoms with E-state index in [0.717, 1.165) is 11.1 Å². The Labute approximate surface area is 113 Å². The van der Waals surface area contributed by atoms with E-state index in [1.165, 1.54) is 4.90 Å². The first-order valence-electron chi connectivity index (χ1n) is 6.36. The summed E-state index contributed by atoms with van der Waals surface area (Å²) < 4.78 is 0. The number of rotatable bonds is 3. The highest BCUT2D eigenvalue weighted by atomic mass is 16.3. The van der Waals surface area contributed by atoms with Crippen molar-refractivity contribution < 1.29 is 14.7 Å². The topological polar surface area (TPSA) is 57.6 Å². The Kier molecular flexibility index (Phi) is 3.22. The first-order chi connectivity index (χ1) is 8.78. The van der Waals surface area contributed by atoms with Crippen LogP contribution in [0.2, 0.25) is 0 Å². The van der Waals surface area contributed by atoms with Crippen molar-refractivity contribution in [2.24, 2.45) is 5.41 Å². The highest BCUT2D eigenvalue weighted by Gasteiger charge is 2.40. The Balaban J connectivity index is 2.45. The highest BCUT2D eigenvalue weighted by molar-refractivity contribution is 6.22. The molecule has 0 spiro atoms. The molecule has 2 amide bonds. The van der Waals surface area contributed by atoms with E-state index in [9.17, 15) is 14.7 Å². The lowest BCUT2D eigenvalue weighted by Gasteiger charge is -2.26. The van der Waals surface area contributed by atoms with E-state index in [1.807, 2.05) is 39.8 Å². The van der Waals surface area contributed by atoms with E-state index in [1.54, 1.807) is 0 Å². The Hall–Kier alpha value is -1.68. The van der Waals surface area contributed by atoms with Gasteiger partial charge in [0, 0.05) is 18.6 Å². The molecule has 1 N–H and O–H groups in total. The summed E-state index contributed by atoms with van der Waals surface area (Å²) in [5.74, 6) is -0.495. The van der Waals surface area contributed by atoms with Crippen molar-refractivity contribution in [1.82, 2.24) is 4.90 Å². The number of carbonyl (C=O) groups is 2. The molecule has 1 aliphatic rings. The maximum atomic E-state index is 12.4. The Morgan fingerprint density at radius 2 is 1.47 bits per heavy atom. The average Bonchev–Trinajstić information content (AvgIpc) is 2.59. The predicted octanol–water partition coefficient (Wildman–Crippen LogP) is 1.92. The normalized spacial score (nSPS) is 15.1. The zero-order chi connectivity index (χ0) is 14.4. The van der Waals surface area contributed by atoms with E-state index in [0.29, 0.717) is 11.1 Å². The van der Waals surface area contributed by atoms with E-state index in [4.69, 9.17) is 0 Å². The number of carbonyl (C=O) groups excluding carboxylic acids is 2. The van der Waals surface area contributed by atoms with Gasteiger partial charge in [0.2, 0.25) is 0 Å². The minimum absolute atomic E-state index is 0.0711. The van der Waals surface area contributed by atoms with Crippen molar-refractivity contribution in [3.63, 3.8) is 0 Å². The maximum Gasteiger partial charge on any atom is 0.261 e. The fourth-order valence-corrected chi connectivity index (χ4v) is 2.35. The summed E-state index contributed by atoms with van der Waals surface area (Å²) in [5, 5.41) is 9.30. The smallest absolute Gasteiger partial charge is 0.261 e. The number of hydrogen-bond donors (Lipinski definition) is 1.